The van der Waals surface area contributed by atoms with E-state index in [2.05, 4.69) is 4.98 Å². The minimum Gasteiger partial charge on any atom is -0.494 e. The zero-order valence-electron chi connectivity index (χ0n) is 12.1. The standard InChI is InChI=1S/C14H17ClFN3O2/c1-7(4-13(17)20)19-11-6-12(21-3)9(16)5-10(11)18-14(19)8(2)15/h5-8H,4H2,1-3H3,(H2,17,20). The zero-order chi connectivity index (χ0) is 15.7. The van der Waals surface area contributed by atoms with Crippen molar-refractivity contribution in [1.29, 1.82) is 0 Å². The minimum atomic E-state index is -0.494. The lowest BCUT2D eigenvalue weighted by Crippen LogP contribution is -2.19. The Morgan fingerprint density at radius 3 is 2.71 bits per heavy atom. The summed E-state index contributed by atoms with van der Waals surface area (Å²) in [6, 6.07) is 2.61. The lowest BCUT2D eigenvalue weighted by molar-refractivity contribution is -0.118. The van der Waals surface area contributed by atoms with E-state index in [-0.39, 0.29) is 23.6 Å². The van der Waals surface area contributed by atoms with Crippen molar-refractivity contribution in [1.82, 2.24) is 9.55 Å². The topological polar surface area (TPSA) is 70.1 Å². The van der Waals surface area contributed by atoms with Gasteiger partial charge in [-0.2, -0.15) is 0 Å². The second kappa shape index (κ2) is 5.89. The van der Waals surface area contributed by atoms with E-state index in [0.29, 0.717) is 16.9 Å². The average Bonchev–Trinajstić information content (AvgIpc) is 2.75. The molecule has 2 atom stereocenters. The SMILES string of the molecule is COc1cc2c(cc1F)nc(C(C)Cl)n2C(C)CC(N)=O. The lowest BCUT2D eigenvalue weighted by Gasteiger charge is -2.17. The molecule has 0 aliphatic rings. The van der Waals surface area contributed by atoms with Crippen LogP contribution in [0.2, 0.25) is 0 Å². The number of imidazole rings is 1. The number of carbonyl (C=O) groups is 1. The summed E-state index contributed by atoms with van der Waals surface area (Å²) < 4.78 is 20.6. The monoisotopic (exact) mass is 313 g/mol. The van der Waals surface area contributed by atoms with Gasteiger partial charge in [-0.3, -0.25) is 4.79 Å². The number of nitrogens with zero attached hydrogens (tertiary/aromatic N) is 2. The van der Waals surface area contributed by atoms with Crippen LogP contribution in [0.4, 0.5) is 4.39 Å². The number of aromatic nitrogens is 2. The van der Waals surface area contributed by atoms with E-state index < -0.39 is 11.7 Å². The Morgan fingerprint density at radius 2 is 2.19 bits per heavy atom. The third-order valence-electron chi connectivity index (χ3n) is 3.28. The number of methoxy groups -OCH3 is 1. The molecule has 21 heavy (non-hydrogen) atoms. The van der Waals surface area contributed by atoms with E-state index in [1.54, 1.807) is 17.6 Å². The second-order valence-electron chi connectivity index (χ2n) is 4.95. The van der Waals surface area contributed by atoms with Crippen molar-refractivity contribution in [2.75, 3.05) is 7.11 Å². The van der Waals surface area contributed by atoms with Gasteiger partial charge in [-0.25, -0.2) is 9.37 Å². The molecular formula is C14H17ClFN3O2. The van der Waals surface area contributed by atoms with Crippen LogP contribution in [-0.4, -0.2) is 22.6 Å². The molecule has 1 heterocycles. The molecule has 0 bridgehead atoms. The Morgan fingerprint density at radius 1 is 1.52 bits per heavy atom. The lowest BCUT2D eigenvalue weighted by atomic mass is 10.2. The molecule has 0 saturated carbocycles. The summed E-state index contributed by atoms with van der Waals surface area (Å²) in [6.07, 6.45) is 0.141. The predicted molar refractivity (Wildman–Crippen MR) is 79.0 cm³/mol. The number of primary amides is 1. The number of carbonyl (C=O) groups excluding carboxylic acids is 1. The Balaban J connectivity index is 2.68. The summed E-state index contributed by atoms with van der Waals surface area (Å²) in [5, 5.41) is -0.387. The summed E-state index contributed by atoms with van der Waals surface area (Å²) in [7, 11) is 1.39. The molecule has 2 unspecified atom stereocenters. The van der Waals surface area contributed by atoms with Gasteiger partial charge in [-0.15, -0.1) is 11.6 Å². The van der Waals surface area contributed by atoms with Gasteiger partial charge >= 0.3 is 0 Å². The van der Waals surface area contributed by atoms with Gasteiger partial charge in [0.2, 0.25) is 5.91 Å². The highest BCUT2D eigenvalue weighted by atomic mass is 35.5. The molecule has 2 rings (SSSR count). The van der Waals surface area contributed by atoms with E-state index >= 15 is 0 Å². The maximum atomic E-state index is 13.8. The molecule has 0 spiro atoms. The van der Waals surface area contributed by atoms with Crippen molar-refractivity contribution in [2.24, 2.45) is 5.73 Å². The molecule has 114 valence electrons. The first kappa shape index (κ1) is 15.6. The van der Waals surface area contributed by atoms with Gasteiger partial charge in [-0.05, 0) is 13.8 Å². The summed E-state index contributed by atoms with van der Waals surface area (Å²) in [5.74, 6) is -0.241. The Labute approximate surface area is 126 Å². The number of alkyl halides is 1. The number of amides is 1. The summed E-state index contributed by atoms with van der Waals surface area (Å²) in [4.78, 5) is 15.5. The molecule has 1 amide bonds. The third kappa shape index (κ3) is 2.95. The molecule has 7 heteroatoms. The largest absolute Gasteiger partial charge is 0.494 e. The molecule has 2 aromatic rings. The number of rotatable bonds is 5. The minimum absolute atomic E-state index is 0.115. The van der Waals surface area contributed by atoms with Crippen LogP contribution >= 0.6 is 11.6 Å². The molecular weight excluding hydrogens is 297 g/mol. The number of nitrogens with two attached hydrogens (primary N) is 1. The zero-order valence-corrected chi connectivity index (χ0v) is 12.8. The fourth-order valence-electron chi connectivity index (χ4n) is 2.40. The third-order valence-corrected chi connectivity index (χ3v) is 3.48. The van der Waals surface area contributed by atoms with Crippen LogP contribution in [0.5, 0.6) is 5.75 Å². The van der Waals surface area contributed by atoms with Crippen LogP contribution in [0.3, 0.4) is 0 Å². The summed E-state index contributed by atoms with van der Waals surface area (Å²) >= 11 is 6.15. The average molecular weight is 314 g/mol. The molecule has 0 aliphatic heterocycles. The van der Waals surface area contributed by atoms with Gasteiger partial charge in [-0.1, -0.05) is 0 Å². The molecule has 2 N–H and O–H groups in total. The number of ether oxygens (including phenoxy) is 1. The van der Waals surface area contributed by atoms with Gasteiger partial charge in [0.05, 0.1) is 23.5 Å². The Hall–Kier alpha value is -1.82. The van der Waals surface area contributed by atoms with E-state index in [1.807, 2.05) is 6.92 Å². The normalized spacial score (nSPS) is 14.1. The number of benzene rings is 1. The van der Waals surface area contributed by atoms with Crippen molar-refractivity contribution in [2.45, 2.75) is 31.7 Å². The number of fused-ring (bicyclic) bond motifs is 1. The van der Waals surface area contributed by atoms with Crippen LogP contribution in [0.1, 0.15) is 37.5 Å². The number of hydrogen-bond acceptors (Lipinski definition) is 3. The smallest absolute Gasteiger partial charge is 0.219 e. The Bertz CT molecular complexity index is 684. The van der Waals surface area contributed by atoms with Crippen LogP contribution < -0.4 is 10.5 Å². The maximum absolute atomic E-state index is 13.8. The van der Waals surface area contributed by atoms with Crippen molar-refractivity contribution in [3.8, 4) is 5.75 Å². The number of halogens is 2. The van der Waals surface area contributed by atoms with Crippen molar-refractivity contribution in [3.63, 3.8) is 0 Å². The van der Waals surface area contributed by atoms with Crippen molar-refractivity contribution < 1.29 is 13.9 Å². The van der Waals surface area contributed by atoms with E-state index in [1.165, 1.54) is 13.2 Å². The van der Waals surface area contributed by atoms with Gasteiger partial charge in [0.1, 0.15) is 5.82 Å². The quantitative estimate of drug-likeness (QED) is 0.863. The first-order valence-electron chi connectivity index (χ1n) is 6.52. The van der Waals surface area contributed by atoms with Crippen molar-refractivity contribution >= 4 is 28.5 Å². The van der Waals surface area contributed by atoms with E-state index in [4.69, 9.17) is 22.1 Å². The summed E-state index contributed by atoms with van der Waals surface area (Å²) in [5.41, 5.74) is 6.38. The van der Waals surface area contributed by atoms with Gasteiger partial charge in [0.25, 0.3) is 0 Å². The van der Waals surface area contributed by atoms with Crippen LogP contribution in [0.25, 0.3) is 11.0 Å². The van der Waals surface area contributed by atoms with Crippen LogP contribution in [0.15, 0.2) is 12.1 Å². The highest BCUT2D eigenvalue weighted by Crippen LogP contribution is 2.32. The van der Waals surface area contributed by atoms with E-state index in [0.717, 1.165) is 0 Å². The van der Waals surface area contributed by atoms with Gasteiger partial charge < -0.3 is 15.0 Å². The molecule has 0 radical (unpaired) electrons. The van der Waals surface area contributed by atoms with Crippen molar-refractivity contribution in [3.05, 3.63) is 23.8 Å². The second-order valence-corrected chi connectivity index (χ2v) is 5.61. The fraction of sp³-hybridized carbons (Fsp3) is 0.429. The molecule has 5 nitrogen and oxygen atoms in total. The molecule has 0 saturated heterocycles. The summed E-state index contributed by atoms with van der Waals surface area (Å²) in [6.45, 7) is 3.61. The van der Waals surface area contributed by atoms with Gasteiger partial charge in [0.15, 0.2) is 11.6 Å². The molecule has 1 aromatic heterocycles. The first-order chi connectivity index (χ1) is 9.85. The first-order valence-corrected chi connectivity index (χ1v) is 6.96. The van der Waals surface area contributed by atoms with Crippen LogP contribution in [-0.2, 0) is 4.79 Å². The molecule has 0 fully saturated rings. The van der Waals surface area contributed by atoms with Gasteiger partial charge in [0, 0.05) is 24.6 Å². The molecule has 0 aliphatic carbocycles. The highest BCUT2D eigenvalue weighted by Gasteiger charge is 2.22. The van der Waals surface area contributed by atoms with Crippen LogP contribution in [0, 0.1) is 5.82 Å². The fourth-order valence-corrected chi connectivity index (χ4v) is 2.55. The highest BCUT2D eigenvalue weighted by molar-refractivity contribution is 6.20. The predicted octanol–water partition coefficient (Wildman–Crippen LogP) is 2.92. The number of hydrogen-bond donors (Lipinski definition) is 1. The maximum Gasteiger partial charge on any atom is 0.219 e. The van der Waals surface area contributed by atoms with E-state index in [9.17, 15) is 9.18 Å². The Kier molecular flexibility index (Phi) is 4.37. The molecule has 1 aromatic carbocycles.